The Bertz CT molecular complexity index is 1050. The number of carbonyl (C=O) groups is 2. The summed E-state index contributed by atoms with van der Waals surface area (Å²) in [6.45, 7) is 2.88. The quantitative estimate of drug-likeness (QED) is 0.516. The second-order valence-corrected chi connectivity index (χ2v) is 8.78. The predicted octanol–water partition coefficient (Wildman–Crippen LogP) is 1.78. The molecular weight excluding hydrogens is 441 g/mol. The van der Waals surface area contributed by atoms with Crippen LogP contribution in [0, 0.1) is 5.82 Å². The third kappa shape index (κ3) is 6.03. The van der Waals surface area contributed by atoms with E-state index in [0.717, 1.165) is 5.69 Å². The van der Waals surface area contributed by atoms with Crippen LogP contribution in [0.2, 0.25) is 0 Å². The van der Waals surface area contributed by atoms with Crippen LogP contribution < -0.4 is 20.3 Å². The molecule has 1 saturated heterocycles. The minimum absolute atomic E-state index is 0.0756. The van der Waals surface area contributed by atoms with Crippen LogP contribution in [0.4, 0.5) is 10.1 Å². The van der Waals surface area contributed by atoms with Gasteiger partial charge in [0.05, 0.1) is 37.9 Å². The van der Waals surface area contributed by atoms with Crippen LogP contribution in [-0.2, 0) is 22.5 Å². The van der Waals surface area contributed by atoms with Crippen molar-refractivity contribution in [1.82, 2.24) is 10.6 Å². The number of amides is 2. The van der Waals surface area contributed by atoms with E-state index in [9.17, 15) is 19.1 Å². The number of nitrogens with one attached hydrogen (secondary N) is 2. The zero-order chi connectivity index (χ0) is 24.1. The van der Waals surface area contributed by atoms with Crippen LogP contribution in [0.5, 0.6) is 5.75 Å². The molecule has 0 spiro atoms. The Morgan fingerprint density at radius 3 is 2.53 bits per heavy atom. The summed E-state index contributed by atoms with van der Waals surface area (Å²) in [5, 5.41) is 15.7. The third-order valence-electron chi connectivity index (χ3n) is 6.13. The minimum Gasteiger partial charge on any atom is -0.494 e. The van der Waals surface area contributed by atoms with Crippen molar-refractivity contribution in [3.63, 3.8) is 0 Å². The molecule has 1 aliphatic carbocycles. The van der Waals surface area contributed by atoms with E-state index in [2.05, 4.69) is 15.5 Å². The molecule has 8 nitrogen and oxygen atoms in total. The summed E-state index contributed by atoms with van der Waals surface area (Å²) in [4.78, 5) is 27.6. The highest BCUT2D eigenvalue weighted by molar-refractivity contribution is 6.00. The first-order chi connectivity index (χ1) is 16.4. The maximum absolute atomic E-state index is 13.9. The van der Waals surface area contributed by atoms with Gasteiger partial charge in [0.1, 0.15) is 0 Å². The minimum atomic E-state index is -0.798. The van der Waals surface area contributed by atoms with E-state index < -0.39 is 11.4 Å². The Hall–Kier alpha value is -3.17. The summed E-state index contributed by atoms with van der Waals surface area (Å²) >= 11 is 0. The molecular formula is C25H30FN3O5. The van der Waals surface area contributed by atoms with Crippen molar-refractivity contribution in [2.75, 3.05) is 44.9 Å². The average Bonchev–Trinajstić information content (AvgIpc) is 3.59. The Labute approximate surface area is 198 Å². The molecule has 0 bridgehead atoms. The van der Waals surface area contributed by atoms with Crippen LogP contribution in [-0.4, -0.2) is 62.5 Å². The number of anilines is 1. The fourth-order valence-corrected chi connectivity index (χ4v) is 3.88. The number of methoxy groups -OCH3 is 1. The summed E-state index contributed by atoms with van der Waals surface area (Å²) in [7, 11) is 1.40. The molecule has 0 radical (unpaired) electrons. The number of rotatable bonds is 9. The van der Waals surface area contributed by atoms with Crippen molar-refractivity contribution in [2.45, 2.75) is 31.4 Å². The number of benzene rings is 2. The maximum atomic E-state index is 13.9. The Balaban J connectivity index is 1.43. The highest BCUT2D eigenvalue weighted by atomic mass is 19.1. The monoisotopic (exact) mass is 471 g/mol. The summed E-state index contributed by atoms with van der Waals surface area (Å²) < 4.78 is 24.2. The van der Waals surface area contributed by atoms with Crippen LogP contribution in [0.15, 0.2) is 36.4 Å². The van der Waals surface area contributed by atoms with Gasteiger partial charge in [-0.15, -0.1) is 0 Å². The van der Waals surface area contributed by atoms with Gasteiger partial charge in [0.15, 0.2) is 11.6 Å². The van der Waals surface area contributed by atoms with Crippen LogP contribution in [0.25, 0.3) is 0 Å². The highest BCUT2D eigenvalue weighted by Crippen LogP contribution is 2.34. The zero-order valence-electron chi connectivity index (χ0n) is 19.2. The molecule has 2 amide bonds. The normalized spacial score (nSPS) is 16.6. The number of ether oxygens (including phenoxy) is 2. The Morgan fingerprint density at radius 2 is 1.85 bits per heavy atom. The van der Waals surface area contributed by atoms with Crippen LogP contribution >= 0.6 is 0 Å². The fourth-order valence-electron chi connectivity index (χ4n) is 3.88. The molecule has 2 aromatic rings. The van der Waals surface area contributed by atoms with Gasteiger partial charge in [-0.05, 0) is 48.2 Å². The van der Waals surface area contributed by atoms with E-state index in [4.69, 9.17) is 9.47 Å². The lowest BCUT2D eigenvalue weighted by Gasteiger charge is -2.30. The molecule has 0 unspecified atom stereocenters. The molecule has 0 aromatic heterocycles. The molecule has 1 saturated carbocycles. The highest BCUT2D eigenvalue weighted by Gasteiger charge is 2.40. The predicted molar refractivity (Wildman–Crippen MR) is 124 cm³/mol. The van der Waals surface area contributed by atoms with Crippen LogP contribution in [0.3, 0.4) is 0 Å². The molecule has 1 heterocycles. The first-order valence-corrected chi connectivity index (χ1v) is 11.4. The van der Waals surface area contributed by atoms with Gasteiger partial charge in [-0.3, -0.25) is 9.59 Å². The van der Waals surface area contributed by atoms with Gasteiger partial charge in [0.2, 0.25) is 5.91 Å². The summed E-state index contributed by atoms with van der Waals surface area (Å²) in [5.41, 5.74) is 1.75. The van der Waals surface area contributed by atoms with Gasteiger partial charge in [-0.25, -0.2) is 4.39 Å². The summed E-state index contributed by atoms with van der Waals surface area (Å²) in [6, 6.07) is 9.95. The molecule has 9 heteroatoms. The number of halogens is 1. The third-order valence-corrected chi connectivity index (χ3v) is 6.13. The van der Waals surface area contributed by atoms with E-state index in [-0.39, 0.29) is 37.1 Å². The van der Waals surface area contributed by atoms with Crippen molar-refractivity contribution < 1.29 is 28.6 Å². The zero-order valence-corrected chi connectivity index (χ0v) is 19.2. The molecule has 2 fully saturated rings. The first-order valence-electron chi connectivity index (χ1n) is 11.4. The van der Waals surface area contributed by atoms with Gasteiger partial charge in [0, 0.05) is 31.9 Å². The molecule has 2 aromatic carbocycles. The van der Waals surface area contributed by atoms with Crippen molar-refractivity contribution in [3.8, 4) is 5.75 Å². The molecule has 1 aliphatic heterocycles. The van der Waals surface area contributed by atoms with E-state index in [1.807, 2.05) is 12.1 Å². The lowest BCUT2D eigenvalue weighted by molar-refractivity contribution is -0.120. The van der Waals surface area contributed by atoms with Crippen molar-refractivity contribution >= 4 is 17.5 Å². The van der Waals surface area contributed by atoms with E-state index in [0.29, 0.717) is 55.8 Å². The van der Waals surface area contributed by atoms with Gasteiger partial charge in [-0.1, -0.05) is 12.1 Å². The van der Waals surface area contributed by atoms with Crippen molar-refractivity contribution in [3.05, 3.63) is 58.9 Å². The standard InChI is InChI=1S/C25H30FN3O5/c1-33-22-5-3-18(13-20(22)26)15-27-23(30)14-17-2-4-21(29-8-10-34-11-9-29)19(12-17)24(31)28-16-25(32)6-7-25/h2-5,12-13,32H,6-11,14-16H2,1H3,(H,27,30)(H,28,31). The smallest absolute Gasteiger partial charge is 0.253 e. The van der Waals surface area contributed by atoms with E-state index in [1.54, 1.807) is 12.1 Å². The van der Waals surface area contributed by atoms with E-state index >= 15 is 0 Å². The molecule has 4 rings (SSSR count). The van der Waals surface area contributed by atoms with Crippen molar-refractivity contribution in [1.29, 1.82) is 0 Å². The Kier molecular flexibility index (Phi) is 7.33. The van der Waals surface area contributed by atoms with Gasteiger partial charge in [0.25, 0.3) is 5.91 Å². The lowest BCUT2D eigenvalue weighted by atomic mass is 10.0. The molecule has 3 N–H and O–H groups in total. The number of hydrogen-bond acceptors (Lipinski definition) is 6. The first kappa shape index (κ1) is 24.0. The van der Waals surface area contributed by atoms with Gasteiger partial charge in [-0.2, -0.15) is 0 Å². The van der Waals surface area contributed by atoms with Gasteiger partial charge >= 0.3 is 0 Å². The molecule has 34 heavy (non-hydrogen) atoms. The SMILES string of the molecule is COc1ccc(CNC(=O)Cc2ccc(N3CCOCC3)c(C(=O)NCC3(O)CC3)c2)cc1F. The second-order valence-electron chi connectivity index (χ2n) is 8.78. The molecule has 2 aliphatic rings. The molecule has 0 atom stereocenters. The summed E-state index contributed by atoms with van der Waals surface area (Å²) in [6.07, 6.45) is 1.44. The van der Waals surface area contributed by atoms with E-state index in [1.165, 1.54) is 19.2 Å². The van der Waals surface area contributed by atoms with Crippen LogP contribution in [0.1, 0.15) is 34.3 Å². The largest absolute Gasteiger partial charge is 0.494 e. The van der Waals surface area contributed by atoms with Crippen molar-refractivity contribution in [2.24, 2.45) is 0 Å². The number of nitrogens with zero attached hydrogens (tertiary/aromatic N) is 1. The average molecular weight is 472 g/mol. The number of aliphatic hydroxyl groups is 1. The summed E-state index contributed by atoms with van der Waals surface area (Å²) in [5.74, 6) is -0.860. The molecule has 182 valence electrons. The fraction of sp³-hybridized carbons (Fsp3) is 0.440. The Morgan fingerprint density at radius 1 is 1.12 bits per heavy atom. The van der Waals surface area contributed by atoms with Gasteiger partial charge < -0.3 is 30.1 Å². The number of hydrogen-bond donors (Lipinski definition) is 3. The number of carbonyl (C=O) groups excluding carboxylic acids is 2. The second kappa shape index (κ2) is 10.4. The lowest BCUT2D eigenvalue weighted by Crippen LogP contribution is -2.39. The maximum Gasteiger partial charge on any atom is 0.253 e. The number of morpholine rings is 1. The topological polar surface area (TPSA) is 100 Å².